The molecule has 0 spiro atoms. The van der Waals surface area contributed by atoms with Crippen molar-refractivity contribution < 1.29 is 31.1 Å². The van der Waals surface area contributed by atoms with E-state index in [1.807, 2.05) is 6.92 Å². The van der Waals surface area contributed by atoms with Crippen LogP contribution in [0.5, 0.6) is 11.5 Å². The van der Waals surface area contributed by atoms with Gasteiger partial charge in [0, 0.05) is 5.69 Å². The second-order valence-electron chi connectivity index (χ2n) is 9.67. The fourth-order valence-electron chi connectivity index (χ4n) is 4.51. The Bertz CT molecular complexity index is 1810. The van der Waals surface area contributed by atoms with E-state index in [2.05, 4.69) is 10.0 Å². The van der Waals surface area contributed by atoms with Crippen LogP contribution < -0.4 is 23.8 Å². The molecule has 0 unspecified atom stereocenters. The Balaban J connectivity index is 1.31. The van der Waals surface area contributed by atoms with Crippen molar-refractivity contribution in [3.05, 3.63) is 108 Å². The summed E-state index contributed by atoms with van der Waals surface area (Å²) in [5, 5.41) is 2.70. The molecule has 0 saturated carbocycles. The minimum Gasteiger partial charge on any atom is -0.495 e. The van der Waals surface area contributed by atoms with Crippen LogP contribution in [-0.2, 0) is 30.6 Å². The first-order chi connectivity index (χ1) is 20.1. The molecule has 0 saturated heterocycles. The summed E-state index contributed by atoms with van der Waals surface area (Å²) >= 11 is 0. The summed E-state index contributed by atoms with van der Waals surface area (Å²) < 4.78 is 67.7. The third-order valence-electron chi connectivity index (χ3n) is 6.59. The molecule has 0 bridgehead atoms. The van der Waals surface area contributed by atoms with Crippen LogP contribution in [0.3, 0.4) is 0 Å². The van der Waals surface area contributed by atoms with Gasteiger partial charge >= 0.3 is 0 Å². The standard InChI is InChI=1S/C30H29N3O7S2/c1-21-12-17-27(39-2)25(18-21)32-42(37,38)24-15-13-23(14-16-24)31-30(34)29-19-33(26-10-6-7-11-28(26)40-29)41(35,36)20-22-8-4-3-5-9-22/h3-18,29,32H,19-20H2,1-2H3,(H,31,34)/t29-/m1/s1. The minimum absolute atomic E-state index is 0.0231. The molecule has 4 aromatic rings. The van der Waals surface area contributed by atoms with Crippen LogP contribution in [0, 0.1) is 6.92 Å². The number of nitrogens with one attached hydrogen (secondary N) is 2. The van der Waals surface area contributed by atoms with Crippen LogP contribution in [0.15, 0.2) is 102 Å². The number of amides is 1. The lowest BCUT2D eigenvalue weighted by molar-refractivity contribution is -0.122. The van der Waals surface area contributed by atoms with Crippen LogP contribution in [0.1, 0.15) is 11.1 Å². The Kier molecular flexibility index (Phi) is 8.10. The fraction of sp³-hybridized carbons (Fsp3) is 0.167. The van der Waals surface area contributed by atoms with E-state index in [0.29, 0.717) is 28.4 Å². The van der Waals surface area contributed by atoms with E-state index in [4.69, 9.17) is 9.47 Å². The molecular formula is C30H29N3O7S2. The maximum absolute atomic E-state index is 13.4. The maximum atomic E-state index is 13.4. The third kappa shape index (κ3) is 6.34. The molecular weight excluding hydrogens is 578 g/mol. The normalized spacial score (nSPS) is 14.8. The van der Waals surface area contributed by atoms with E-state index in [0.717, 1.165) is 5.56 Å². The molecule has 0 radical (unpaired) electrons. The van der Waals surface area contributed by atoms with Crippen LogP contribution in [-0.4, -0.2) is 42.5 Å². The number of carbonyl (C=O) groups is 1. The van der Waals surface area contributed by atoms with E-state index in [1.165, 1.54) is 35.7 Å². The van der Waals surface area contributed by atoms with Crippen LogP contribution >= 0.6 is 0 Å². The quantitative estimate of drug-likeness (QED) is 0.286. The Morgan fingerprint density at radius 1 is 0.929 bits per heavy atom. The number of para-hydroxylation sites is 2. The molecule has 4 aromatic carbocycles. The van der Waals surface area contributed by atoms with Gasteiger partial charge in [0.2, 0.25) is 10.0 Å². The van der Waals surface area contributed by atoms with Crippen molar-refractivity contribution in [2.75, 3.05) is 28.0 Å². The molecule has 1 aliphatic heterocycles. The summed E-state index contributed by atoms with van der Waals surface area (Å²) in [6.45, 7) is 1.61. The molecule has 1 atom stereocenters. The van der Waals surface area contributed by atoms with Gasteiger partial charge in [-0.3, -0.25) is 13.8 Å². The van der Waals surface area contributed by atoms with Crippen molar-refractivity contribution in [3.8, 4) is 11.5 Å². The van der Waals surface area contributed by atoms with E-state index < -0.39 is 32.1 Å². The second-order valence-corrected chi connectivity index (χ2v) is 13.2. The number of methoxy groups -OCH3 is 1. The minimum atomic E-state index is -3.95. The summed E-state index contributed by atoms with van der Waals surface area (Å²) in [6.07, 6.45) is -1.15. The summed E-state index contributed by atoms with van der Waals surface area (Å²) in [5.41, 5.74) is 2.44. The van der Waals surface area contributed by atoms with Gasteiger partial charge in [-0.25, -0.2) is 16.8 Å². The third-order valence-corrected chi connectivity index (χ3v) is 9.68. The highest BCUT2D eigenvalue weighted by atomic mass is 32.2. The van der Waals surface area contributed by atoms with Crippen molar-refractivity contribution in [2.24, 2.45) is 0 Å². The number of nitrogens with zero attached hydrogens (tertiary/aromatic N) is 1. The number of hydrogen-bond acceptors (Lipinski definition) is 7. The number of hydrogen-bond donors (Lipinski definition) is 2. The number of ether oxygens (including phenoxy) is 2. The number of fused-ring (bicyclic) bond motifs is 1. The molecule has 1 aliphatic rings. The zero-order valence-electron chi connectivity index (χ0n) is 22.9. The lowest BCUT2D eigenvalue weighted by Crippen LogP contribution is -2.49. The van der Waals surface area contributed by atoms with E-state index in [9.17, 15) is 21.6 Å². The van der Waals surface area contributed by atoms with Crippen LogP contribution in [0.2, 0.25) is 0 Å². The first kappa shape index (κ1) is 29.0. The van der Waals surface area contributed by atoms with Gasteiger partial charge in [0.1, 0.15) is 11.5 Å². The van der Waals surface area contributed by atoms with Gasteiger partial charge in [-0.15, -0.1) is 0 Å². The van der Waals surface area contributed by atoms with Crippen molar-refractivity contribution in [1.29, 1.82) is 0 Å². The van der Waals surface area contributed by atoms with Crippen molar-refractivity contribution in [2.45, 2.75) is 23.7 Å². The molecule has 218 valence electrons. The average Bonchev–Trinajstić information content (AvgIpc) is 2.97. The van der Waals surface area contributed by atoms with Crippen molar-refractivity contribution >= 4 is 43.0 Å². The number of sulfonamides is 2. The Morgan fingerprint density at radius 2 is 1.62 bits per heavy atom. The lowest BCUT2D eigenvalue weighted by Gasteiger charge is -2.34. The van der Waals surface area contributed by atoms with Crippen LogP contribution in [0.4, 0.5) is 17.1 Å². The van der Waals surface area contributed by atoms with Gasteiger partial charge in [-0.2, -0.15) is 0 Å². The summed E-state index contributed by atoms with van der Waals surface area (Å²) in [7, 11) is -6.36. The van der Waals surface area contributed by atoms with Gasteiger partial charge in [0.15, 0.2) is 6.10 Å². The number of carbonyl (C=O) groups excluding carboxylic acids is 1. The predicted octanol–water partition coefficient (Wildman–Crippen LogP) is 4.54. The van der Waals surface area contributed by atoms with Gasteiger partial charge in [0.05, 0.1) is 35.7 Å². The van der Waals surface area contributed by atoms with Gasteiger partial charge < -0.3 is 14.8 Å². The largest absolute Gasteiger partial charge is 0.495 e. The van der Waals surface area contributed by atoms with Crippen molar-refractivity contribution in [3.63, 3.8) is 0 Å². The predicted molar refractivity (Wildman–Crippen MR) is 161 cm³/mol. The Labute approximate surface area is 245 Å². The number of aryl methyl sites for hydroxylation is 1. The maximum Gasteiger partial charge on any atom is 0.267 e. The SMILES string of the molecule is COc1ccc(C)cc1NS(=O)(=O)c1ccc(NC(=O)[C@H]2CN(S(=O)(=O)Cc3ccccc3)c3ccccc3O2)cc1. The zero-order valence-corrected chi connectivity index (χ0v) is 24.5. The molecule has 0 aromatic heterocycles. The number of rotatable bonds is 9. The molecule has 1 amide bonds. The van der Waals surface area contributed by atoms with E-state index in [1.54, 1.807) is 72.8 Å². The van der Waals surface area contributed by atoms with Gasteiger partial charge in [-0.1, -0.05) is 48.5 Å². The number of anilines is 3. The second kappa shape index (κ2) is 11.7. The average molecular weight is 608 g/mol. The zero-order chi connectivity index (χ0) is 29.9. The highest BCUT2D eigenvalue weighted by Crippen LogP contribution is 2.36. The molecule has 42 heavy (non-hydrogen) atoms. The lowest BCUT2D eigenvalue weighted by atomic mass is 10.2. The van der Waals surface area contributed by atoms with E-state index >= 15 is 0 Å². The molecule has 12 heteroatoms. The Hall–Kier alpha value is -4.55. The smallest absolute Gasteiger partial charge is 0.267 e. The first-order valence-corrected chi connectivity index (χ1v) is 16.0. The topological polar surface area (TPSA) is 131 Å². The summed E-state index contributed by atoms with van der Waals surface area (Å²) in [5.74, 6) is -0.182. The monoisotopic (exact) mass is 607 g/mol. The molecule has 0 aliphatic carbocycles. The Morgan fingerprint density at radius 3 is 2.33 bits per heavy atom. The summed E-state index contributed by atoms with van der Waals surface area (Å²) in [6, 6.07) is 26.2. The van der Waals surface area contributed by atoms with Gasteiger partial charge in [0.25, 0.3) is 15.9 Å². The highest BCUT2D eigenvalue weighted by molar-refractivity contribution is 7.92. The molecule has 2 N–H and O–H groups in total. The van der Waals surface area contributed by atoms with Crippen LogP contribution in [0.25, 0.3) is 0 Å². The fourth-order valence-corrected chi connectivity index (χ4v) is 7.15. The molecule has 0 fully saturated rings. The highest BCUT2D eigenvalue weighted by Gasteiger charge is 2.36. The van der Waals surface area contributed by atoms with Crippen molar-refractivity contribution in [1.82, 2.24) is 0 Å². The number of benzene rings is 4. The van der Waals surface area contributed by atoms with E-state index in [-0.39, 0.29) is 22.9 Å². The molecule has 5 rings (SSSR count). The van der Waals surface area contributed by atoms with Gasteiger partial charge in [-0.05, 0) is 66.6 Å². The summed E-state index contributed by atoms with van der Waals surface area (Å²) in [4.78, 5) is 13.2. The molecule has 1 heterocycles. The molecule has 10 nitrogen and oxygen atoms in total. The first-order valence-electron chi connectivity index (χ1n) is 12.9.